The molecule has 3 aromatic rings. The monoisotopic (exact) mass is 453 g/mol. The number of imidazole rings is 1. The largest absolute Gasteiger partial charge is 0.453 e. The van der Waals surface area contributed by atoms with Gasteiger partial charge in [0.05, 0.1) is 24.7 Å². The van der Waals surface area contributed by atoms with Gasteiger partial charge < -0.3 is 14.2 Å². The summed E-state index contributed by atoms with van der Waals surface area (Å²) in [5, 5.41) is 0. The minimum atomic E-state index is -0.823. The summed E-state index contributed by atoms with van der Waals surface area (Å²) in [7, 11) is 1.41. The number of carbonyl (C=O) groups excluding carboxylic acids is 1. The third-order valence-corrected chi connectivity index (χ3v) is 7.16. The van der Waals surface area contributed by atoms with E-state index in [9.17, 15) is 13.6 Å². The van der Waals surface area contributed by atoms with Crippen molar-refractivity contribution < 1.29 is 18.3 Å². The van der Waals surface area contributed by atoms with Crippen molar-refractivity contribution in [1.29, 1.82) is 0 Å². The fourth-order valence-corrected chi connectivity index (χ4v) is 5.37. The topological polar surface area (TPSA) is 47.4 Å². The summed E-state index contributed by atoms with van der Waals surface area (Å²) in [5.41, 5.74) is 5.08. The van der Waals surface area contributed by atoms with Crippen LogP contribution in [0.15, 0.2) is 30.3 Å². The van der Waals surface area contributed by atoms with Crippen molar-refractivity contribution in [3.05, 3.63) is 64.5 Å². The Kier molecular flexibility index (Phi) is 6.04. The van der Waals surface area contributed by atoms with Gasteiger partial charge in [0.2, 0.25) is 0 Å². The van der Waals surface area contributed by atoms with Crippen LogP contribution in [-0.4, -0.2) is 34.2 Å². The molecule has 1 amide bonds. The van der Waals surface area contributed by atoms with Gasteiger partial charge >= 0.3 is 6.09 Å². The second kappa shape index (κ2) is 9.12. The number of aryl methyl sites for hydroxylation is 2. The first-order valence-electron chi connectivity index (χ1n) is 11.8. The highest BCUT2D eigenvalue weighted by Crippen LogP contribution is 2.36. The molecule has 174 valence electrons. The third-order valence-electron chi connectivity index (χ3n) is 7.16. The number of nitrogens with zero attached hydrogens (tertiary/aromatic N) is 3. The SMILES string of the molecule is COC(=O)N1CCc2ccc3c(nc(C4CCCCC4)n3CCc3ccc(F)c(F)c3)c2C1. The van der Waals surface area contributed by atoms with Crippen LogP contribution in [0.4, 0.5) is 13.6 Å². The lowest BCUT2D eigenvalue weighted by atomic mass is 9.88. The first-order chi connectivity index (χ1) is 16.0. The highest BCUT2D eigenvalue weighted by Gasteiger charge is 2.28. The molecule has 1 aromatic heterocycles. The maximum atomic E-state index is 13.8. The summed E-state index contributed by atoms with van der Waals surface area (Å²) in [4.78, 5) is 19.1. The molecule has 0 atom stereocenters. The van der Waals surface area contributed by atoms with E-state index < -0.39 is 11.6 Å². The van der Waals surface area contributed by atoms with Crippen LogP contribution in [0, 0.1) is 11.6 Å². The van der Waals surface area contributed by atoms with Crippen molar-refractivity contribution in [3.8, 4) is 0 Å². The van der Waals surface area contributed by atoms with Gasteiger partial charge in [0.1, 0.15) is 5.82 Å². The average molecular weight is 454 g/mol. The van der Waals surface area contributed by atoms with Gasteiger partial charge in [-0.3, -0.25) is 0 Å². The van der Waals surface area contributed by atoms with Crippen molar-refractivity contribution >= 4 is 17.1 Å². The molecule has 0 radical (unpaired) electrons. The Morgan fingerprint density at radius 2 is 1.94 bits per heavy atom. The number of carbonyl (C=O) groups is 1. The van der Waals surface area contributed by atoms with Crippen LogP contribution in [0.5, 0.6) is 0 Å². The lowest BCUT2D eigenvalue weighted by Gasteiger charge is -2.27. The minimum absolute atomic E-state index is 0.317. The predicted molar refractivity (Wildman–Crippen MR) is 122 cm³/mol. The molecule has 5 rings (SSSR count). The van der Waals surface area contributed by atoms with Crippen LogP contribution in [0.25, 0.3) is 11.0 Å². The molecule has 0 spiro atoms. The zero-order valence-corrected chi connectivity index (χ0v) is 18.9. The minimum Gasteiger partial charge on any atom is -0.453 e. The van der Waals surface area contributed by atoms with Gasteiger partial charge in [0.15, 0.2) is 11.6 Å². The normalized spacial score (nSPS) is 16.8. The van der Waals surface area contributed by atoms with Crippen LogP contribution < -0.4 is 0 Å². The number of halogens is 2. The van der Waals surface area contributed by atoms with Crippen LogP contribution in [0.3, 0.4) is 0 Å². The number of amides is 1. The lowest BCUT2D eigenvalue weighted by Crippen LogP contribution is -2.35. The van der Waals surface area contributed by atoms with Gasteiger partial charge in [-0.25, -0.2) is 18.6 Å². The quantitative estimate of drug-likeness (QED) is 0.507. The standard InChI is InChI=1S/C26H29F2N3O2/c1-33-26(32)30-13-12-18-8-10-23-24(20(18)16-30)29-25(19-5-3-2-4-6-19)31(23)14-11-17-7-9-21(27)22(28)15-17/h7-10,15,19H,2-6,11-14,16H2,1H3. The fourth-order valence-electron chi connectivity index (χ4n) is 5.37. The van der Waals surface area contributed by atoms with Gasteiger partial charge in [-0.05, 0) is 55.0 Å². The number of fused-ring (bicyclic) bond motifs is 3. The number of methoxy groups -OCH3 is 1. The van der Waals surface area contributed by atoms with Crippen molar-refractivity contribution in [1.82, 2.24) is 14.5 Å². The molecule has 0 bridgehead atoms. The molecule has 5 nitrogen and oxygen atoms in total. The summed E-state index contributed by atoms with van der Waals surface area (Å²) in [6.07, 6.45) is 6.94. The first kappa shape index (κ1) is 21.9. The van der Waals surface area contributed by atoms with E-state index in [4.69, 9.17) is 9.72 Å². The van der Waals surface area contributed by atoms with E-state index in [1.165, 1.54) is 44.1 Å². The number of hydrogen-bond donors (Lipinski definition) is 0. The Bertz CT molecular complexity index is 1180. The van der Waals surface area contributed by atoms with Crippen LogP contribution in [0.1, 0.15) is 60.5 Å². The zero-order valence-electron chi connectivity index (χ0n) is 18.9. The Balaban J connectivity index is 1.54. The number of ether oxygens (including phenoxy) is 1. The summed E-state index contributed by atoms with van der Waals surface area (Å²) in [6, 6.07) is 8.40. The zero-order chi connectivity index (χ0) is 22.9. The second-order valence-electron chi connectivity index (χ2n) is 9.17. The molecule has 2 aliphatic rings. The Labute approximate surface area is 192 Å². The Hall–Kier alpha value is -2.96. The lowest BCUT2D eigenvalue weighted by molar-refractivity contribution is 0.119. The van der Waals surface area contributed by atoms with E-state index in [0.29, 0.717) is 32.0 Å². The maximum absolute atomic E-state index is 13.8. The molecule has 0 unspecified atom stereocenters. The van der Waals surface area contributed by atoms with E-state index in [1.54, 1.807) is 11.0 Å². The second-order valence-corrected chi connectivity index (χ2v) is 9.17. The van der Waals surface area contributed by atoms with Crippen molar-refractivity contribution in [3.63, 3.8) is 0 Å². The molecule has 1 aliphatic heterocycles. The summed E-state index contributed by atoms with van der Waals surface area (Å²) in [6.45, 7) is 1.77. The number of benzene rings is 2. The third kappa shape index (κ3) is 4.21. The molecule has 1 fully saturated rings. The molecular weight excluding hydrogens is 424 g/mol. The Morgan fingerprint density at radius 1 is 1.12 bits per heavy atom. The molecule has 2 heterocycles. The molecule has 33 heavy (non-hydrogen) atoms. The van der Waals surface area contributed by atoms with Gasteiger partial charge in [0, 0.05) is 24.6 Å². The number of aromatic nitrogens is 2. The fraction of sp³-hybridized carbons (Fsp3) is 0.462. The summed E-state index contributed by atoms with van der Waals surface area (Å²) in [5.74, 6) is -0.160. The molecule has 0 N–H and O–H groups in total. The van der Waals surface area contributed by atoms with E-state index in [1.807, 2.05) is 0 Å². The van der Waals surface area contributed by atoms with E-state index in [2.05, 4.69) is 16.7 Å². The molecule has 1 saturated carbocycles. The van der Waals surface area contributed by atoms with Crippen LogP contribution in [0.2, 0.25) is 0 Å². The molecule has 7 heteroatoms. The van der Waals surface area contributed by atoms with E-state index in [-0.39, 0.29) is 6.09 Å². The van der Waals surface area contributed by atoms with Crippen molar-refractivity contribution in [2.75, 3.05) is 13.7 Å². The van der Waals surface area contributed by atoms with Gasteiger partial charge in [-0.15, -0.1) is 0 Å². The number of rotatable bonds is 4. The predicted octanol–water partition coefficient (Wildman–Crippen LogP) is 5.73. The van der Waals surface area contributed by atoms with E-state index in [0.717, 1.165) is 47.2 Å². The molecule has 2 aromatic carbocycles. The summed E-state index contributed by atoms with van der Waals surface area (Å²) < 4.78 is 34.3. The van der Waals surface area contributed by atoms with Crippen LogP contribution >= 0.6 is 0 Å². The van der Waals surface area contributed by atoms with Crippen LogP contribution in [-0.2, 0) is 30.7 Å². The number of hydrogen-bond acceptors (Lipinski definition) is 3. The molecular formula is C26H29F2N3O2. The molecule has 1 aliphatic carbocycles. The smallest absolute Gasteiger partial charge is 0.409 e. The van der Waals surface area contributed by atoms with Gasteiger partial charge in [-0.2, -0.15) is 0 Å². The highest BCUT2D eigenvalue weighted by molar-refractivity contribution is 5.82. The first-order valence-corrected chi connectivity index (χ1v) is 11.8. The van der Waals surface area contributed by atoms with Crippen molar-refractivity contribution in [2.24, 2.45) is 0 Å². The van der Waals surface area contributed by atoms with Crippen molar-refractivity contribution in [2.45, 2.75) is 64.0 Å². The Morgan fingerprint density at radius 3 is 2.70 bits per heavy atom. The van der Waals surface area contributed by atoms with Gasteiger partial charge in [-0.1, -0.05) is 31.4 Å². The highest BCUT2D eigenvalue weighted by atomic mass is 19.2. The van der Waals surface area contributed by atoms with E-state index >= 15 is 0 Å². The molecule has 0 saturated heterocycles. The van der Waals surface area contributed by atoms with Gasteiger partial charge in [0.25, 0.3) is 0 Å². The maximum Gasteiger partial charge on any atom is 0.409 e. The average Bonchev–Trinajstić information content (AvgIpc) is 3.23. The summed E-state index contributed by atoms with van der Waals surface area (Å²) >= 11 is 0.